The highest BCUT2D eigenvalue weighted by atomic mass is 16.5. The largest absolute Gasteiger partial charge is 0.423 e. The number of aromatic nitrogens is 2. The minimum absolute atomic E-state index is 0.290. The van der Waals surface area contributed by atoms with Crippen molar-refractivity contribution < 1.29 is 9.15 Å². The van der Waals surface area contributed by atoms with E-state index in [-0.39, 0.29) is 0 Å². The summed E-state index contributed by atoms with van der Waals surface area (Å²) in [7, 11) is 1.53. The van der Waals surface area contributed by atoms with Crippen molar-refractivity contribution in [1.82, 2.24) is 9.55 Å². The van der Waals surface area contributed by atoms with Gasteiger partial charge in [0.25, 0.3) is 0 Å². The first-order chi connectivity index (χ1) is 7.74. The second-order valence-electron chi connectivity index (χ2n) is 3.17. The van der Waals surface area contributed by atoms with E-state index in [4.69, 9.17) is 4.74 Å². The summed E-state index contributed by atoms with van der Waals surface area (Å²) in [6, 6.07) is 3.18. The smallest absolute Gasteiger partial charge is 0.383 e. The summed E-state index contributed by atoms with van der Waals surface area (Å²) in [4.78, 5) is 26.8. The first-order valence-corrected chi connectivity index (χ1v) is 4.71. The van der Waals surface area contributed by atoms with Gasteiger partial charge in [-0.3, -0.25) is 4.57 Å². The molecule has 0 aliphatic rings. The summed E-state index contributed by atoms with van der Waals surface area (Å²) in [5, 5.41) is 0.290. The number of ether oxygens (including phenoxy) is 1. The zero-order valence-electron chi connectivity index (χ0n) is 8.67. The van der Waals surface area contributed by atoms with Crippen LogP contribution in [-0.4, -0.2) is 23.3 Å². The monoisotopic (exact) mass is 222 g/mol. The Hall–Kier alpha value is -1.95. The van der Waals surface area contributed by atoms with Crippen molar-refractivity contribution in [1.29, 1.82) is 0 Å². The Morgan fingerprint density at radius 3 is 3.06 bits per heavy atom. The molecule has 0 aliphatic carbocycles. The standard InChI is InChI=1S/C10H10N2O4/c1-15-6-5-12-8-7(3-2-4-11-8)9(13)16-10(12)14/h2-4H,5-6H2,1H3. The molecule has 0 radical (unpaired) electrons. The lowest BCUT2D eigenvalue weighted by atomic mass is 10.3. The lowest BCUT2D eigenvalue weighted by molar-refractivity contribution is 0.183. The topological polar surface area (TPSA) is 74.3 Å². The van der Waals surface area contributed by atoms with Crippen LogP contribution in [-0.2, 0) is 11.3 Å². The zero-order chi connectivity index (χ0) is 11.5. The molecule has 0 N–H and O–H groups in total. The van der Waals surface area contributed by atoms with Crippen molar-refractivity contribution in [2.45, 2.75) is 6.54 Å². The lowest BCUT2D eigenvalue weighted by Gasteiger charge is -2.05. The minimum Gasteiger partial charge on any atom is -0.383 e. The maximum absolute atomic E-state index is 11.5. The van der Waals surface area contributed by atoms with Crippen LogP contribution < -0.4 is 11.4 Å². The fraction of sp³-hybridized carbons (Fsp3) is 0.300. The van der Waals surface area contributed by atoms with Crippen LogP contribution in [0.4, 0.5) is 0 Å². The zero-order valence-corrected chi connectivity index (χ0v) is 8.67. The number of pyridine rings is 1. The van der Waals surface area contributed by atoms with E-state index in [0.29, 0.717) is 24.2 Å². The molecule has 16 heavy (non-hydrogen) atoms. The summed E-state index contributed by atoms with van der Waals surface area (Å²) >= 11 is 0. The molecule has 0 fully saturated rings. The molecule has 0 bridgehead atoms. The van der Waals surface area contributed by atoms with Gasteiger partial charge in [0, 0.05) is 13.3 Å². The van der Waals surface area contributed by atoms with Gasteiger partial charge in [-0.15, -0.1) is 0 Å². The average molecular weight is 222 g/mol. The predicted octanol–water partition coefficient (Wildman–Crippen LogP) is -0.00390. The van der Waals surface area contributed by atoms with Crippen LogP contribution >= 0.6 is 0 Å². The van der Waals surface area contributed by atoms with Crippen molar-refractivity contribution in [2.24, 2.45) is 0 Å². The molecule has 84 valence electrons. The van der Waals surface area contributed by atoms with Crippen LogP contribution in [0.5, 0.6) is 0 Å². The third-order valence-corrected chi connectivity index (χ3v) is 2.18. The summed E-state index contributed by atoms with van der Waals surface area (Å²) in [6.07, 6.45) is 1.52. The van der Waals surface area contributed by atoms with Gasteiger partial charge in [0.1, 0.15) is 5.39 Å². The average Bonchev–Trinajstić information content (AvgIpc) is 2.29. The highest BCUT2D eigenvalue weighted by Gasteiger charge is 2.09. The van der Waals surface area contributed by atoms with Crippen LogP contribution in [0.15, 0.2) is 32.3 Å². The highest BCUT2D eigenvalue weighted by Crippen LogP contribution is 2.02. The van der Waals surface area contributed by atoms with E-state index in [2.05, 4.69) is 9.40 Å². The third kappa shape index (κ3) is 1.74. The fourth-order valence-corrected chi connectivity index (χ4v) is 1.43. The maximum Gasteiger partial charge on any atom is 0.423 e. The molecular formula is C10H10N2O4. The number of methoxy groups -OCH3 is 1. The summed E-state index contributed by atoms with van der Waals surface area (Å²) < 4.78 is 10.7. The Labute approximate surface area is 90.1 Å². The van der Waals surface area contributed by atoms with E-state index in [9.17, 15) is 9.59 Å². The van der Waals surface area contributed by atoms with Gasteiger partial charge in [0.05, 0.1) is 13.2 Å². The van der Waals surface area contributed by atoms with Crippen LogP contribution in [0, 0.1) is 0 Å². The van der Waals surface area contributed by atoms with Crippen LogP contribution in [0.1, 0.15) is 0 Å². The molecule has 6 heteroatoms. The first kappa shape index (κ1) is 10.6. The van der Waals surface area contributed by atoms with Gasteiger partial charge in [-0.2, -0.15) is 0 Å². The molecule has 0 aliphatic heterocycles. The molecule has 2 aromatic heterocycles. The number of hydrogen-bond acceptors (Lipinski definition) is 5. The highest BCUT2D eigenvalue weighted by molar-refractivity contribution is 5.72. The van der Waals surface area contributed by atoms with Gasteiger partial charge in [-0.05, 0) is 12.1 Å². The van der Waals surface area contributed by atoms with Gasteiger partial charge in [0.2, 0.25) is 0 Å². The summed E-state index contributed by atoms with van der Waals surface area (Å²) in [5.41, 5.74) is -0.345. The molecule has 2 rings (SSSR count). The Bertz CT molecular complexity index is 614. The van der Waals surface area contributed by atoms with Crippen LogP contribution in [0.2, 0.25) is 0 Å². The SMILES string of the molecule is COCCn1c(=O)oc(=O)c2cccnc21. The molecule has 0 unspecified atom stereocenters. The molecule has 2 heterocycles. The number of rotatable bonds is 3. The normalized spacial score (nSPS) is 10.8. The lowest BCUT2D eigenvalue weighted by Crippen LogP contribution is -2.27. The van der Waals surface area contributed by atoms with Crippen molar-refractivity contribution in [3.63, 3.8) is 0 Å². The fourth-order valence-electron chi connectivity index (χ4n) is 1.43. The summed E-state index contributed by atoms with van der Waals surface area (Å²) in [5.74, 6) is -0.715. The van der Waals surface area contributed by atoms with E-state index in [1.165, 1.54) is 17.9 Å². The molecule has 0 saturated carbocycles. The van der Waals surface area contributed by atoms with E-state index in [1.807, 2.05) is 0 Å². The van der Waals surface area contributed by atoms with Crippen molar-refractivity contribution >= 4 is 11.0 Å². The van der Waals surface area contributed by atoms with Crippen molar-refractivity contribution in [3.8, 4) is 0 Å². The molecule has 0 spiro atoms. The first-order valence-electron chi connectivity index (χ1n) is 4.71. The Morgan fingerprint density at radius 1 is 1.50 bits per heavy atom. The van der Waals surface area contributed by atoms with E-state index in [0.717, 1.165) is 0 Å². The van der Waals surface area contributed by atoms with Gasteiger partial charge in [-0.25, -0.2) is 14.6 Å². The Morgan fingerprint density at radius 2 is 2.31 bits per heavy atom. The quantitative estimate of drug-likeness (QED) is 0.730. The second-order valence-corrected chi connectivity index (χ2v) is 3.17. The molecule has 0 aromatic carbocycles. The van der Waals surface area contributed by atoms with Gasteiger partial charge in [-0.1, -0.05) is 0 Å². The van der Waals surface area contributed by atoms with E-state index >= 15 is 0 Å². The molecule has 0 saturated heterocycles. The number of hydrogen-bond donors (Lipinski definition) is 0. The van der Waals surface area contributed by atoms with E-state index < -0.39 is 11.4 Å². The number of nitrogens with zero attached hydrogens (tertiary/aromatic N) is 2. The predicted molar refractivity (Wildman–Crippen MR) is 56.4 cm³/mol. The summed E-state index contributed by atoms with van der Waals surface area (Å²) in [6.45, 7) is 0.645. The van der Waals surface area contributed by atoms with Crippen LogP contribution in [0.25, 0.3) is 11.0 Å². The number of fused-ring (bicyclic) bond motifs is 1. The van der Waals surface area contributed by atoms with Crippen LogP contribution in [0.3, 0.4) is 0 Å². The maximum atomic E-state index is 11.5. The molecule has 2 aromatic rings. The van der Waals surface area contributed by atoms with Gasteiger partial charge in [0.15, 0.2) is 5.65 Å². The van der Waals surface area contributed by atoms with Crippen molar-refractivity contribution in [3.05, 3.63) is 39.3 Å². The van der Waals surface area contributed by atoms with E-state index in [1.54, 1.807) is 12.1 Å². The molecule has 0 atom stereocenters. The third-order valence-electron chi connectivity index (χ3n) is 2.18. The second kappa shape index (κ2) is 4.28. The van der Waals surface area contributed by atoms with Gasteiger partial charge >= 0.3 is 11.4 Å². The minimum atomic E-state index is -0.715. The molecule has 0 amide bonds. The van der Waals surface area contributed by atoms with Crippen molar-refractivity contribution in [2.75, 3.05) is 13.7 Å². The Kier molecular flexibility index (Phi) is 2.82. The Balaban J connectivity index is 2.72. The molecule has 6 nitrogen and oxygen atoms in total. The molecular weight excluding hydrogens is 212 g/mol. The van der Waals surface area contributed by atoms with Gasteiger partial charge < -0.3 is 9.15 Å².